The Morgan fingerprint density at radius 1 is 0.950 bits per heavy atom. The largest absolute Gasteiger partial charge is 0.497 e. The van der Waals surface area contributed by atoms with E-state index < -0.39 is 0 Å². The summed E-state index contributed by atoms with van der Waals surface area (Å²) in [6, 6.07) is 25.9. The highest BCUT2D eigenvalue weighted by molar-refractivity contribution is 5.99. The zero-order valence-electron chi connectivity index (χ0n) is 23.5. The smallest absolute Gasteiger partial charge is 0.254 e. The number of unbranched alkanes of at least 4 members (excludes halogenated alkanes) is 1. The van der Waals surface area contributed by atoms with Crippen molar-refractivity contribution in [3.8, 4) is 28.4 Å². The molecule has 0 atom stereocenters. The van der Waals surface area contributed by atoms with E-state index in [1.165, 1.54) is 0 Å². The van der Waals surface area contributed by atoms with Gasteiger partial charge in [0, 0.05) is 23.2 Å². The molecule has 1 heterocycles. The van der Waals surface area contributed by atoms with Crippen molar-refractivity contribution in [1.29, 1.82) is 0 Å². The van der Waals surface area contributed by atoms with Crippen molar-refractivity contribution in [3.63, 3.8) is 0 Å². The van der Waals surface area contributed by atoms with Crippen LogP contribution in [0.1, 0.15) is 44.0 Å². The molecule has 0 bridgehead atoms. The van der Waals surface area contributed by atoms with E-state index in [2.05, 4.69) is 12.2 Å². The Balaban J connectivity index is 1.53. The normalized spacial score (nSPS) is 10.8. The summed E-state index contributed by atoms with van der Waals surface area (Å²) in [5.74, 6) is 1.39. The maximum atomic E-state index is 13.4. The van der Waals surface area contributed by atoms with E-state index in [0.29, 0.717) is 23.7 Å². The summed E-state index contributed by atoms with van der Waals surface area (Å²) in [4.78, 5) is 28.2. The minimum Gasteiger partial charge on any atom is -0.497 e. The van der Waals surface area contributed by atoms with Crippen LogP contribution in [0.4, 0.5) is 5.82 Å². The van der Waals surface area contributed by atoms with Crippen LogP contribution in [0.25, 0.3) is 16.9 Å². The number of rotatable bonds is 12. The van der Waals surface area contributed by atoms with Crippen LogP contribution < -0.4 is 14.8 Å². The molecule has 0 fully saturated rings. The van der Waals surface area contributed by atoms with Gasteiger partial charge in [0.05, 0.1) is 25.1 Å². The fraction of sp³-hybridized carbons (Fsp3) is 0.281. The van der Waals surface area contributed by atoms with Gasteiger partial charge in [0.1, 0.15) is 23.9 Å². The van der Waals surface area contributed by atoms with Gasteiger partial charge in [-0.1, -0.05) is 43.7 Å². The lowest BCUT2D eigenvalue weighted by atomic mass is 10.1. The van der Waals surface area contributed by atoms with E-state index in [1.54, 1.807) is 41.0 Å². The van der Waals surface area contributed by atoms with Crippen LogP contribution in [0.5, 0.6) is 11.5 Å². The van der Waals surface area contributed by atoms with Crippen molar-refractivity contribution < 1.29 is 19.1 Å². The molecule has 2 amide bonds. The van der Waals surface area contributed by atoms with Gasteiger partial charge in [-0.3, -0.25) is 9.59 Å². The van der Waals surface area contributed by atoms with Crippen LogP contribution >= 0.6 is 0 Å². The zero-order valence-corrected chi connectivity index (χ0v) is 23.5. The lowest BCUT2D eigenvalue weighted by Crippen LogP contribution is -2.42. The number of nitrogens with one attached hydrogen (secondary N) is 1. The number of hydrogen-bond acceptors (Lipinski definition) is 5. The second kappa shape index (κ2) is 13.5. The Labute approximate surface area is 235 Å². The summed E-state index contributed by atoms with van der Waals surface area (Å²) < 4.78 is 12.7. The number of aromatic nitrogens is 2. The number of carbonyl (C=O) groups excluding carboxylic acids is 2. The van der Waals surface area contributed by atoms with E-state index in [-0.39, 0.29) is 24.4 Å². The molecule has 1 aromatic heterocycles. The first-order valence-electron chi connectivity index (χ1n) is 13.5. The van der Waals surface area contributed by atoms with Crippen LogP contribution in [0, 0.1) is 0 Å². The van der Waals surface area contributed by atoms with Crippen LogP contribution in [-0.2, 0) is 4.79 Å². The molecule has 0 saturated carbocycles. The van der Waals surface area contributed by atoms with Crippen LogP contribution in [0.2, 0.25) is 0 Å². The van der Waals surface area contributed by atoms with Gasteiger partial charge in [-0.15, -0.1) is 0 Å². The molecule has 208 valence electrons. The van der Waals surface area contributed by atoms with Crippen molar-refractivity contribution in [2.45, 2.75) is 39.7 Å². The van der Waals surface area contributed by atoms with Crippen molar-refractivity contribution >= 4 is 17.6 Å². The molecule has 0 radical (unpaired) electrons. The molecule has 4 rings (SSSR count). The number of carbonyl (C=O) groups is 2. The van der Waals surface area contributed by atoms with E-state index in [9.17, 15) is 9.59 Å². The van der Waals surface area contributed by atoms with Gasteiger partial charge >= 0.3 is 0 Å². The fourth-order valence-electron chi connectivity index (χ4n) is 4.16. The van der Waals surface area contributed by atoms with Gasteiger partial charge in [0.15, 0.2) is 0 Å². The van der Waals surface area contributed by atoms with E-state index >= 15 is 0 Å². The molecule has 3 aromatic carbocycles. The summed E-state index contributed by atoms with van der Waals surface area (Å²) in [7, 11) is 1.61. The second-order valence-electron chi connectivity index (χ2n) is 9.69. The monoisotopic (exact) mass is 540 g/mol. The third-order valence-corrected chi connectivity index (χ3v) is 6.43. The Hall–Kier alpha value is -4.59. The summed E-state index contributed by atoms with van der Waals surface area (Å²) in [5, 5.41) is 7.73. The third kappa shape index (κ3) is 7.08. The molecule has 8 heteroatoms. The number of benzene rings is 3. The van der Waals surface area contributed by atoms with Gasteiger partial charge < -0.3 is 19.7 Å². The number of methoxy groups -OCH3 is 1. The second-order valence-corrected chi connectivity index (χ2v) is 9.69. The topological polar surface area (TPSA) is 85.7 Å². The van der Waals surface area contributed by atoms with Crippen LogP contribution in [-0.4, -0.2) is 52.8 Å². The van der Waals surface area contributed by atoms with Crippen molar-refractivity contribution in [3.05, 3.63) is 90.5 Å². The molecule has 0 saturated heterocycles. The predicted octanol–water partition coefficient (Wildman–Crippen LogP) is 6.22. The Kier molecular flexibility index (Phi) is 9.57. The number of nitrogens with zero attached hydrogens (tertiary/aromatic N) is 3. The fourth-order valence-corrected chi connectivity index (χ4v) is 4.16. The molecule has 40 heavy (non-hydrogen) atoms. The van der Waals surface area contributed by atoms with Gasteiger partial charge in [0.2, 0.25) is 5.91 Å². The standard InChI is InChI=1S/C32H36N4O4/c1-5-6-20-40-28-16-12-25(13-17-28)32(38)35(23(2)3)22-31(37)33-30-21-29(24-10-8-7-9-11-24)34-36(30)26-14-18-27(39-4)19-15-26/h7-19,21,23H,5-6,20,22H2,1-4H3,(H,33,37). The molecule has 0 aliphatic heterocycles. The third-order valence-electron chi connectivity index (χ3n) is 6.43. The first-order chi connectivity index (χ1) is 19.4. The number of amides is 2. The van der Waals surface area contributed by atoms with Gasteiger partial charge in [-0.25, -0.2) is 4.68 Å². The lowest BCUT2D eigenvalue weighted by molar-refractivity contribution is -0.117. The molecule has 0 aliphatic carbocycles. The highest BCUT2D eigenvalue weighted by Crippen LogP contribution is 2.26. The number of ether oxygens (including phenoxy) is 2. The summed E-state index contributed by atoms with van der Waals surface area (Å²) in [6.45, 7) is 6.42. The summed E-state index contributed by atoms with van der Waals surface area (Å²) in [5.41, 5.74) is 2.89. The van der Waals surface area contributed by atoms with Gasteiger partial charge in [-0.05, 0) is 68.8 Å². The summed E-state index contributed by atoms with van der Waals surface area (Å²) >= 11 is 0. The molecular formula is C32H36N4O4. The summed E-state index contributed by atoms with van der Waals surface area (Å²) in [6.07, 6.45) is 2.03. The molecule has 0 spiro atoms. The number of anilines is 1. The Bertz CT molecular complexity index is 1400. The lowest BCUT2D eigenvalue weighted by Gasteiger charge is -2.26. The molecular weight excluding hydrogens is 504 g/mol. The first-order valence-corrected chi connectivity index (χ1v) is 13.5. The van der Waals surface area contributed by atoms with Crippen LogP contribution in [0.3, 0.4) is 0 Å². The molecule has 4 aromatic rings. The quantitative estimate of drug-likeness (QED) is 0.216. The molecule has 0 aliphatic rings. The minimum absolute atomic E-state index is 0.111. The first kappa shape index (κ1) is 28.4. The molecule has 0 unspecified atom stereocenters. The van der Waals surface area contributed by atoms with E-state index in [4.69, 9.17) is 14.6 Å². The number of hydrogen-bond donors (Lipinski definition) is 1. The molecule has 1 N–H and O–H groups in total. The average Bonchev–Trinajstić information content (AvgIpc) is 3.40. The Morgan fingerprint density at radius 2 is 1.62 bits per heavy atom. The highest BCUT2D eigenvalue weighted by Gasteiger charge is 2.23. The average molecular weight is 541 g/mol. The van der Waals surface area contributed by atoms with Crippen molar-refractivity contribution in [2.75, 3.05) is 25.6 Å². The van der Waals surface area contributed by atoms with E-state index in [1.807, 2.05) is 74.5 Å². The van der Waals surface area contributed by atoms with Gasteiger partial charge in [-0.2, -0.15) is 5.10 Å². The van der Waals surface area contributed by atoms with Crippen LogP contribution in [0.15, 0.2) is 84.9 Å². The maximum Gasteiger partial charge on any atom is 0.254 e. The molecule has 8 nitrogen and oxygen atoms in total. The van der Waals surface area contributed by atoms with Crippen molar-refractivity contribution in [1.82, 2.24) is 14.7 Å². The van der Waals surface area contributed by atoms with E-state index in [0.717, 1.165) is 35.6 Å². The maximum absolute atomic E-state index is 13.4. The van der Waals surface area contributed by atoms with Crippen molar-refractivity contribution in [2.24, 2.45) is 0 Å². The SMILES string of the molecule is CCCCOc1ccc(C(=O)N(CC(=O)Nc2cc(-c3ccccc3)nn2-c2ccc(OC)cc2)C(C)C)cc1. The zero-order chi connectivity index (χ0) is 28.5. The Morgan fingerprint density at radius 3 is 2.25 bits per heavy atom. The predicted molar refractivity (Wildman–Crippen MR) is 157 cm³/mol. The van der Waals surface area contributed by atoms with Gasteiger partial charge in [0.25, 0.3) is 5.91 Å². The highest BCUT2D eigenvalue weighted by atomic mass is 16.5. The minimum atomic E-state index is -0.323.